The largest absolute Gasteiger partial charge is 0.359 e. The summed E-state index contributed by atoms with van der Waals surface area (Å²) in [5.74, 6) is 0. The molecule has 0 fully saturated rings. The zero-order valence-electron chi connectivity index (χ0n) is 8.23. The van der Waals surface area contributed by atoms with Gasteiger partial charge in [0.25, 0.3) is 0 Å². The summed E-state index contributed by atoms with van der Waals surface area (Å²) >= 11 is 0. The predicted octanol–water partition coefficient (Wildman–Crippen LogP) is 1.91. The Hall–Kier alpha value is -2.00. The van der Waals surface area contributed by atoms with E-state index in [1.54, 1.807) is 12.1 Å². The second-order valence-electron chi connectivity index (χ2n) is 3.08. The van der Waals surface area contributed by atoms with Crippen LogP contribution in [0, 0.1) is 22.7 Å². The lowest BCUT2D eigenvalue weighted by atomic mass is 10.2. The van der Waals surface area contributed by atoms with Crippen molar-refractivity contribution in [2.75, 3.05) is 11.9 Å². The molecule has 0 N–H and O–H groups in total. The van der Waals surface area contributed by atoms with Crippen molar-refractivity contribution in [1.82, 2.24) is 0 Å². The molecule has 1 aromatic rings. The van der Waals surface area contributed by atoms with Crippen LogP contribution in [0.15, 0.2) is 24.3 Å². The summed E-state index contributed by atoms with van der Waals surface area (Å²) in [4.78, 5) is 1.83. The van der Waals surface area contributed by atoms with Crippen LogP contribution in [0.25, 0.3) is 0 Å². The molecular weight excluding hydrogens is 174 g/mol. The number of benzene rings is 1. The third-order valence-corrected chi connectivity index (χ3v) is 2.15. The van der Waals surface area contributed by atoms with Crippen molar-refractivity contribution >= 4 is 5.69 Å². The van der Waals surface area contributed by atoms with E-state index >= 15 is 0 Å². The first-order valence-corrected chi connectivity index (χ1v) is 4.31. The van der Waals surface area contributed by atoms with Crippen molar-refractivity contribution in [1.29, 1.82) is 10.5 Å². The Kier molecular flexibility index (Phi) is 3.09. The minimum atomic E-state index is -0.191. The highest BCUT2D eigenvalue weighted by atomic mass is 15.1. The van der Waals surface area contributed by atoms with Crippen molar-refractivity contribution in [2.45, 2.75) is 13.0 Å². The van der Waals surface area contributed by atoms with Crippen LogP contribution in [0.4, 0.5) is 5.69 Å². The number of nitrogens with zero attached hydrogens (tertiary/aromatic N) is 3. The van der Waals surface area contributed by atoms with E-state index in [0.717, 1.165) is 5.69 Å². The molecule has 1 unspecified atom stereocenters. The van der Waals surface area contributed by atoms with Crippen LogP contribution >= 0.6 is 0 Å². The molecule has 70 valence electrons. The molecule has 0 amide bonds. The highest BCUT2D eigenvalue weighted by Crippen LogP contribution is 2.16. The molecule has 1 rings (SSSR count). The Bertz CT molecular complexity index is 398. The van der Waals surface area contributed by atoms with Gasteiger partial charge in [-0.3, -0.25) is 0 Å². The van der Waals surface area contributed by atoms with E-state index in [1.807, 2.05) is 31.0 Å². The number of rotatable bonds is 2. The zero-order chi connectivity index (χ0) is 10.6. The van der Waals surface area contributed by atoms with Gasteiger partial charge in [0, 0.05) is 12.7 Å². The first-order chi connectivity index (χ1) is 6.69. The molecule has 14 heavy (non-hydrogen) atoms. The van der Waals surface area contributed by atoms with E-state index in [0.29, 0.717) is 5.56 Å². The van der Waals surface area contributed by atoms with Crippen LogP contribution in [0.5, 0.6) is 0 Å². The van der Waals surface area contributed by atoms with Gasteiger partial charge in [0.1, 0.15) is 6.04 Å². The second kappa shape index (κ2) is 4.30. The van der Waals surface area contributed by atoms with Gasteiger partial charge in [-0.25, -0.2) is 0 Å². The average Bonchev–Trinajstić information content (AvgIpc) is 2.27. The predicted molar refractivity (Wildman–Crippen MR) is 54.6 cm³/mol. The van der Waals surface area contributed by atoms with Gasteiger partial charge in [-0.1, -0.05) is 6.07 Å². The van der Waals surface area contributed by atoms with Gasteiger partial charge in [0.15, 0.2) is 0 Å². The van der Waals surface area contributed by atoms with Crippen LogP contribution in [0.1, 0.15) is 12.5 Å². The standard InChI is InChI=1S/C11H11N3/c1-9(7-12)14(2)11-5-3-4-10(6-11)8-13/h3-6,9H,1-2H3. The molecule has 0 heterocycles. The van der Waals surface area contributed by atoms with Crippen molar-refractivity contribution in [3.8, 4) is 12.1 Å². The van der Waals surface area contributed by atoms with E-state index in [-0.39, 0.29) is 6.04 Å². The van der Waals surface area contributed by atoms with Gasteiger partial charge in [0.2, 0.25) is 0 Å². The topological polar surface area (TPSA) is 50.8 Å². The minimum absolute atomic E-state index is 0.191. The van der Waals surface area contributed by atoms with Gasteiger partial charge >= 0.3 is 0 Å². The molecule has 3 nitrogen and oxygen atoms in total. The lowest BCUT2D eigenvalue weighted by Crippen LogP contribution is -2.27. The van der Waals surface area contributed by atoms with Crippen molar-refractivity contribution in [2.24, 2.45) is 0 Å². The lowest BCUT2D eigenvalue weighted by molar-refractivity contribution is 0.835. The van der Waals surface area contributed by atoms with Crippen LogP contribution in [-0.4, -0.2) is 13.1 Å². The van der Waals surface area contributed by atoms with Crippen molar-refractivity contribution in [3.63, 3.8) is 0 Å². The Balaban J connectivity index is 2.98. The van der Waals surface area contributed by atoms with Gasteiger partial charge in [-0.2, -0.15) is 10.5 Å². The summed E-state index contributed by atoms with van der Waals surface area (Å²) in [6.45, 7) is 1.82. The van der Waals surface area contributed by atoms with Crippen LogP contribution in [-0.2, 0) is 0 Å². The molecular formula is C11H11N3. The number of hydrogen-bond acceptors (Lipinski definition) is 3. The van der Waals surface area contributed by atoms with Crippen LogP contribution in [0.3, 0.4) is 0 Å². The Morgan fingerprint density at radius 3 is 2.64 bits per heavy atom. The normalized spacial score (nSPS) is 11.1. The fourth-order valence-corrected chi connectivity index (χ4v) is 1.11. The highest BCUT2D eigenvalue weighted by molar-refractivity contribution is 5.52. The molecule has 0 saturated carbocycles. The fourth-order valence-electron chi connectivity index (χ4n) is 1.11. The van der Waals surface area contributed by atoms with E-state index in [2.05, 4.69) is 12.1 Å². The van der Waals surface area contributed by atoms with Crippen molar-refractivity contribution < 1.29 is 0 Å². The monoisotopic (exact) mass is 185 g/mol. The fraction of sp³-hybridized carbons (Fsp3) is 0.273. The minimum Gasteiger partial charge on any atom is -0.359 e. The molecule has 0 saturated heterocycles. The molecule has 0 aliphatic carbocycles. The molecule has 0 bridgehead atoms. The number of anilines is 1. The molecule has 0 aliphatic rings. The summed E-state index contributed by atoms with van der Waals surface area (Å²) < 4.78 is 0. The maximum atomic E-state index is 8.74. The molecule has 0 aromatic heterocycles. The molecule has 3 heteroatoms. The summed E-state index contributed by atoms with van der Waals surface area (Å²) in [5, 5.41) is 17.4. The van der Waals surface area contributed by atoms with Gasteiger partial charge in [-0.15, -0.1) is 0 Å². The summed E-state index contributed by atoms with van der Waals surface area (Å²) in [7, 11) is 1.84. The van der Waals surface area contributed by atoms with Gasteiger partial charge < -0.3 is 4.90 Å². The highest BCUT2D eigenvalue weighted by Gasteiger charge is 2.08. The van der Waals surface area contributed by atoms with Crippen molar-refractivity contribution in [3.05, 3.63) is 29.8 Å². The molecule has 0 spiro atoms. The molecule has 0 radical (unpaired) electrons. The first kappa shape index (κ1) is 10.1. The first-order valence-electron chi connectivity index (χ1n) is 4.31. The van der Waals surface area contributed by atoms with Crippen LogP contribution < -0.4 is 4.90 Å². The second-order valence-corrected chi connectivity index (χ2v) is 3.08. The van der Waals surface area contributed by atoms with E-state index < -0.39 is 0 Å². The average molecular weight is 185 g/mol. The molecule has 1 atom stereocenters. The Labute approximate surface area is 83.8 Å². The SMILES string of the molecule is CC(C#N)N(C)c1cccc(C#N)c1. The third-order valence-electron chi connectivity index (χ3n) is 2.15. The number of hydrogen-bond donors (Lipinski definition) is 0. The summed E-state index contributed by atoms with van der Waals surface area (Å²) in [6, 6.07) is 11.2. The van der Waals surface area contributed by atoms with E-state index in [4.69, 9.17) is 10.5 Å². The Morgan fingerprint density at radius 2 is 2.07 bits per heavy atom. The molecule has 0 aliphatic heterocycles. The lowest BCUT2D eigenvalue weighted by Gasteiger charge is -2.21. The maximum absolute atomic E-state index is 8.74. The maximum Gasteiger partial charge on any atom is 0.113 e. The van der Waals surface area contributed by atoms with E-state index in [1.165, 1.54) is 0 Å². The van der Waals surface area contributed by atoms with E-state index in [9.17, 15) is 0 Å². The van der Waals surface area contributed by atoms with Gasteiger partial charge in [-0.05, 0) is 25.1 Å². The van der Waals surface area contributed by atoms with Gasteiger partial charge in [0.05, 0.1) is 17.7 Å². The third kappa shape index (κ3) is 2.02. The number of nitriles is 2. The van der Waals surface area contributed by atoms with Crippen LogP contribution in [0.2, 0.25) is 0 Å². The smallest absolute Gasteiger partial charge is 0.113 e. The summed E-state index contributed by atoms with van der Waals surface area (Å²) in [6.07, 6.45) is 0. The molecule has 1 aromatic carbocycles. The Morgan fingerprint density at radius 1 is 1.36 bits per heavy atom. The summed E-state index contributed by atoms with van der Waals surface area (Å²) in [5.41, 5.74) is 1.50. The zero-order valence-corrected chi connectivity index (χ0v) is 8.23. The quantitative estimate of drug-likeness (QED) is 0.707.